The van der Waals surface area contributed by atoms with Crippen molar-refractivity contribution in [1.82, 2.24) is 0 Å². The molecule has 0 saturated carbocycles. The second-order valence-electron chi connectivity index (χ2n) is 11.8. The number of Topliss-reactive ketones (excluding diaryl/α,β-unsaturated/α-hetero) is 1. The van der Waals surface area contributed by atoms with Crippen LogP contribution >= 0.6 is 0 Å². The molecular formula is C24H40O10. The summed E-state index contributed by atoms with van der Waals surface area (Å²) in [4.78, 5) is 13.5. The molecule has 0 aliphatic carbocycles. The Morgan fingerprint density at radius 3 is 1.71 bits per heavy atom. The maximum atomic E-state index is 13.5. The van der Waals surface area contributed by atoms with E-state index in [9.17, 15) is 9.90 Å². The molecule has 0 spiro atoms. The summed E-state index contributed by atoms with van der Waals surface area (Å²) in [6.45, 7) is 16.4. The average molecular weight is 489 g/mol. The molecule has 0 amide bonds. The fraction of sp³-hybridized carbons (Fsp3) is 0.958. The Hall–Kier alpha value is -0.690. The number of ketones is 1. The van der Waals surface area contributed by atoms with Crippen LogP contribution in [0.4, 0.5) is 0 Å². The Morgan fingerprint density at radius 1 is 0.735 bits per heavy atom. The molecule has 7 atom stereocenters. The lowest BCUT2D eigenvalue weighted by atomic mass is 9.85. The maximum Gasteiger partial charge on any atom is 0.167 e. The molecule has 4 aliphatic rings. The lowest BCUT2D eigenvalue weighted by Crippen LogP contribution is -2.53. The number of carbonyl (C=O) groups is 1. The van der Waals surface area contributed by atoms with Gasteiger partial charge in [-0.05, 0) is 62.3 Å². The standard InChI is InChI=1S/C24H40O10/c1-20(2)27-11-14(29-20)17-16(31-22(5,6)32-17)13(25)10-24(9,26)19-18(33-23(7,8)34-19)15-12-28-21(3,4)30-15/h14-19,26H,10-12H2,1-9H3/t14-,15+,16-,17-,18+,19-,24+/m0/s1. The monoisotopic (exact) mass is 488 g/mol. The van der Waals surface area contributed by atoms with Gasteiger partial charge in [-0.25, -0.2) is 0 Å². The highest BCUT2D eigenvalue weighted by atomic mass is 16.8. The number of hydrogen-bond donors (Lipinski definition) is 1. The minimum absolute atomic E-state index is 0.234. The molecule has 4 fully saturated rings. The molecular weight excluding hydrogens is 448 g/mol. The van der Waals surface area contributed by atoms with E-state index < -0.39 is 65.4 Å². The van der Waals surface area contributed by atoms with Crippen molar-refractivity contribution in [2.45, 2.75) is 134 Å². The van der Waals surface area contributed by atoms with Crippen molar-refractivity contribution >= 4 is 5.78 Å². The number of aliphatic hydroxyl groups is 1. The zero-order valence-electron chi connectivity index (χ0n) is 21.7. The van der Waals surface area contributed by atoms with E-state index in [1.807, 2.05) is 27.7 Å². The first kappa shape index (κ1) is 26.4. The van der Waals surface area contributed by atoms with E-state index in [1.54, 1.807) is 34.6 Å². The van der Waals surface area contributed by atoms with Crippen molar-refractivity contribution in [1.29, 1.82) is 0 Å². The maximum absolute atomic E-state index is 13.5. The zero-order chi connectivity index (χ0) is 25.3. The van der Waals surface area contributed by atoms with Crippen molar-refractivity contribution < 1.29 is 47.8 Å². The van der Waals surface area contributed by atoms with Crippen LogP contribution in [0.15, 0.2) is 0 Å². The molecule has 4 rings (SSSR count). The summed E-state index contributed by atoms with van der Waals surface area (Å²) in [5.41, 5.74) is -1.57. The molecule has 4 heterocycles. The molecule has 1 N–H and O–H groups in total. The Labute approximate surface area is 201 Å². The Kier molecular flexibility index (Phi) is 6.54. The van der Waals surface area contributed by atoms with Crippen LogP contribution in [0, 0.1) is 0 Å². The van der Waals surface area contributed by atoms with Crippen molar-refractivity contribution in [3.8, 4) is 0 Å². The Balaban J connectivity index is 1.50. The third-order valence-electron chi connectivity index (χ3n) is 6.51. The molecule has 34 heavy (non-hydrogen) atoms. The van der Waals surface area contributed by atoms with Crippen molar-refractivity contribution in [3.05, 3.63) is 0 Å². The highest BCUT2D eigenvalue weighted by Crippen LogP contribution is 2.42. The minimum atomic E-state index is -1.57. The molecule has 0 radical (unpaired) electrons. The SMILES string of the molecule is CC1(C)OC[C@@H]([C@@H]2OC(C)(C)O[C@H]2C(=O)C[C@@](C)(O)[C@H]2OC(C)(C)O[C@@H]2[C@H]2COC(C)(C)O2)O1. The summed E-state index contributed by atoms with van der Waals surface area (Å²) in [5.74, 6) is -3.80. The van der Waals surface area contributed by atoms with Crippen LogP contribution in [-0.2, 0) is 42.7 Å². The molecule has 4 saturated heterocycles. The van der Waals surface area contributed by atoms with Gasteiger partial charge in [0, 0.05) is 6.42 Å². The summed E-state index contributed by atoms with van der Waals surface area (Å²) in [6.07, 6.45) is -4.20. The molecule has 196 valence electrons. The second-order valence-corrected chi connectivity index (χ2v) is 11.8. The van der Waals surface area contributed by atoms with E-state index in [1.165, 1.54) is 0 Å². The van der Waals surface area contributed by atoms with E-state index in [0.29, 0.717) is 6.61 Å². The average Bonchev–Trinajstić information content (AvgIpc) is 3.38. The first-order chi connectivity index (χ1) is 15.4. The van der Waals surface area contributed by atoms with Gasteiger partial charge in [-0.2, -0.15) is 0 Å². The molecule has 0 unspecified atom stereocenters. The Morgan fingerprint density at radius 2 is 1.21 bits per heavy atom. The largest absolute Gasteiger partial charge is 0.387 e. The van der Waals surface area contributed by atoms with Gasteiger partial charge in [-0.3, -0.25) is 4.79 Å². The van der Waals surface area contributed by atoms with E-state index >= 15 is 0 Å². The van der Waals surface area contributed by atoms with Crippen LogP contribution < -0.4 is 0 Å². The quantitative estimate of drug-likeness (QED) is 0.596. The van der Waals surface area contributed by atoms with E-state index in [-0.39, 0.29) is 18.8 Å². The molecule has 0 bridgehead atoms. The molecule has 0 aromatic heterocycles. The van der Waals surface area contributed by atoms with Gasteiger partial charge in [-0.15, -0.1) is 0 Å². The van der Waals surface area contributed by atoms with E-state index in [4.69, 9.17) is 37.9 Å². The molecule has 0 aromatic rings. The Bertz CT molecular complexity index is 789. The van der Waals surface area contributed by atoms with Gasteiger partial charge in [0.05, 0.1) is 18.8 Å². The van der Waals surface area contributed by atoms with Gasteiger partial charge < -0.3 is 43.0 Å². The molecule has 0 aromatic carbocycles. The van der Waals surface area contributed by atoms with Gasteiger partial charge in [0.1, 0.15) is 36.6 Å². The highest BCUT2D eigenvalue weighted by molar-refractivity contribution is 5.85. The fourth-order valence-corrected chi connectivity index (χ4v) is 5.16. The summed E-state index contributed by atoms with van der Waals surface area (Å²) in [5, 5.41) is 11.5. The van der Waals surface area contributed by atoms with Crippen LogP contribution in [-0.4, -0.2) is 89.5 Å². The van der Waals surface area contributed by atoms with Crippen molar-refractivity contribution in [2.75, 3.05) is 13.2 Å². The second kappa shape index (κ2) is 8.43. The first-order valence-corrected chi connectivity index (χ1v) is 12.0. The van der Waals surface area contributed by atoms with Crippen LogP contribution in [0.2, 0.25) is 0 Å². The number of ether oxygens (including phenoxy) is 8. The highest BCUT2D eigenvalue weighted by Gasteiger charge is 2.58. The van der Waals surface area contributed by atoms with Crippen LogP contribution in [0.3, 0.4) is 0 Å². The lowest BCUT2D eigenvalue weighted by molar-refractivity contribution is -0.178. The van der Waals surface area contributed by atoms with E-state index in [0.717, 1.165) is 0 Å². The third kappa shape index (κ3) is 5.50. The van der Waals surface area contributed by atoms with Gasteiger partial charge in [0.25, 0.3) is 0 Å². The van der Waals surface area contributed by atoms with Gasteiger partial charge in [-0.1, -0.05) is 0 Å². The summed E-state index contributed by atoms with van der Waals surface area (Å²) in [6, 6.07) is 0. The van der Waals surface area contributed by atoms with Crippen LogP contribution in [0.5, 0.6) is 0 Å². The molecule has 10 heteroatoms. The van der Waals surface area contributed by atoms with Crippen molar-refractivity contribution in [2.24, 2.45) is 0 Å². The smallest absolute Gasteiger partial charge is 0.167 e. The summed E-state index contributed by atoms with van der Waals surface area (Å²) in [7, 11) is 0. The number of rotatable bonds is 6. The van der Waals surface area contributed by atoms with Gasteiger partial charge >= 0.3 is 0 Å². The fourth-order valence-electron chi connectivity index (χ4n) is 5.16. The van der Waals surface area contributed by atoms with Gasteiger partial charge in [0.2, 0.25) is 0 Å². The van der Waals surface area contributed by atoms with Crippen LogP contribution in [0.25, 0.3) is 0 Å². The molecule has 10 nitrogen and oxygen atoms in total. The normalized spacial score (nSPS) is 42.1. The summed E-state index contributed by atoms with van der Waals surface area (Å²) >= 11 is 0. The predicted octanol–water partition coefficient (Wildman–Crippen LogP) is 2.04. The minimum Gasteiger partial charge on any atom is -0.387 e. The summed E-state index contributed by atoms with van der Waals surface area (Å²) < 4.78 is 47.5. The van der Waals surface area contributed by atoms with Crippen molar-refractivity contribution in [3.63, 3.8) is 0 Å². The topological polar surface area (TPSA) is 111 Å². The lowest BCUT2D eigenvalue weighted by Gasteiger charge is -2.34. The predicted molar refractivity (Wildman–Crippen MR) is 118 cm³/mol. The number of carbonyl (C=O) groups excluding carboxylic acids is 1. The van der Waals surface area contributed by atoms with Gasteiger partial charge in [0.15, 0.2) is 28.9 Å². The van der Waals surface area contributed by atoms with Crippen LogP contribution in [0.1, 0.15) is 68.7 Å². The number of hydrogen-bond acceptors (Lipinski definition) is 10. The third-order valence-corrected chi connectivity index (χ3v) is 6.51. The first-order valence-electron chi connectivity index (χ1n) is 12.0. The zero-order valence-corrected chi connectivity index (χ0v) is 21.7. The molecule has 4 aliphatic heterocycles. The van der Waals surface area contributed by atoms with E-state index in [2.05, 4.69) is 0 Å².